The van der Waals surface area contributed by atoms with Gasteiger partial charge >= 0.3 is 0 Å². The van der Waals surface area contributed by atoms with Crippen LogP contribution in [0.2, 0.25) is 0 Å². The Morgan fingerprint density at radius 3 is 2.78 bits per heavy atom. The number of aromatic nitrogens is 1. The van der Waals surface area contributed by atoms with Crippen molar-refractivity contribution in [3.05, 3.63) is 70.4 Å². The Morgan fingerprint density at radius 1 is 1.22 bits per heavy atom. The van der Waals surface area contributed by atoms with Crippen LogP contribution in [0.1, 0.15) is 5.76 Å². The maximum atomic E-state index is 12.6. The van der Waals surface area contributed by atoms with Crippen molar-refractivity contribution in [1.82, 2.24) is 4.57 Å². The molecule has 3 aromatic heterocycles. The van der Waals surface area contributed by atoms with Crippen LogP contribution in [0.5, 0.6) is 0 Å². The average Bonchev–Trinajstić information content (AvgIpc) is 3.35. The molecule has 0 N–H and O–H groups in total. The number of thiophene rings is 1. The highest BCUT2D eigenvalue weighted by molar-refractivity contribution is 7.92. The SMILES string of the molecule is C=CCn1c(-c2c(C)oc3ccccc23)csc1=NS(=O)(=O)c1cccs1. The van der Waals surface area contributed by atoms with E-state index in [0.29, 0.717) is 11.3 Å². The van der Waals surface area contributed by atoms with Gasteiger partial charge in [0.2, 0.25) is 4.80 Å². The highest BCUT2D eigenvalue weighted by atomic mass is 32.2. The van der Waals surface area contributed by atoms with E-state index in [0.717, 1.165) is 39.3 Å². The van der Waals surface area contributed by atoms with Crippen LogP contribution in [0.3, 0.4) is 0 Å². The molecule has 3 heterocycles. The third-order valence-electron chi connectivity index (χ3n) is 4.08. The van der Waals surface area contributed by atoms with Gasteiger partial charge in [-0.1, -0.05) is 30.3 Å². The summed E-state index contributed by atoms with van der Waals surface area (Å²) >= 11 is 2.44. The minimum atomic E-state index is -3.74. The molecule has 0 amide bonds. The Morgan fingerprint density at radius 2 is 2.04 bits per heavy atom. The molecule has 0 aliphatic carbocycles. The lowest BCUT2D eigenvalue weighted by Gasteiger charge is -2.06. The highest BCUT2D eigenvalue weighted by Crippen LogP contribution is 2.34. The largest absolute Gasteiger partial charge is 0.461 e. The zero-order valence-electron chi connectivity index (χ0n) is 14.5. The van der Waals surface area contributed by atoms with Crippen LogP contribution >= 0.6 is 22.7 Å². The number of sulfonamides is 1. The summed E-state index contributed by atoms with van der Waals surface area (Å²) in [5.74, 6) is 0.777. The smallest absolute Gasteiger partial charge is 0.294 e. The summed E-state index contributed by atoms with van der Waals surface area (Å²) in [6.07, 6.45) is 1.73. The first kappa shape index (κ1) is 18.0. The zero-order chi connectivity index (χ0) is 19.0. The van der Waals surface area contributed by atoms with Gasteiger partial charge in [-0.3, -0.25) is 0 Å². The van der Waals surface area contributed by atoms with Crippen molar-refractivity contribution < 1.29 is 12.8 Å². The van der Waals surface area contributed by atoms with E-state index in [1.165, 1.54) is 11.3 Å². The van der Waals surface area contributed by atoms with Gasteiger partial charge in [0, 0.05) is 22.9 Å². The minimum absolute atomic E-state index is 0.229. The second kappa shape index (κ2) is 6.95. The first-order valence-electron chi connectivity index (χ1n) is 8.13. The van der Waals surface area contributed by atoms with E-state index in [1.807, 2.05) is 41.1 Å². The lowest BCUT2D eigenvalue weighted by Crippen LogP contribution is -2.17. The molecule has 0 radical (unpaired) electrons. The van der Waals surface area contributed by atoms with Crippen molar-refractivity contribution in [2.75, 3.05) is 0 Å². The predicted molar refractivity (Wildman–Crippen MR) is 110 cm³/mol. The van der Waals surface area contributed by atoms with Gasteiger partial charge in [0.15, 0.2) is 0 Å². The number of fused-ring (bicyclic) bond motifs is 1. The average molecular weight is 417 g/mol. The Bertz CT molecular complexity index is 1290. The molecule has 5 nitrogen and oxygen atoms in total. The highest BCUT2D eigenvalue weighted by Gasteiger charge is 2.19. The third kappa shape index (κ3) is 3.20. The molecule has 0 aliphatic heterocycles. The maximum absolute atomic E-state index is 12.6. The van der Waals surface area contributed by atoms with Gasteiger partial charge in [0.25, 0.3) is 10.0 Å². The number of benzene rings is 1. The molecule has 0 unspecified atom stereocenters. The molecule has 0 fully saturated rings. The number of thiazole rings is 1. The first-order chi connectivity index (χ1) is 13.0. The van der Waals surface area contributed by atoms with Crippen molar-refractivity contribution in [3.63, 3.8) is 0 Å². The van der Waals surface area contributed by atoms with E-state index in [-0.39, 0.29) is 4.21 Å². The van der Waals surface area contributed by atoms with E-state index in [9.17, 15) is 8.42 Å². The molecule has 0 bridgehead atoms. The summed E-state index contributed by atoms with van der Waals surface area (Å²) < 4.78 is 37.2. The summed E-state index contributed by atoms with van der Waals surface area (Å²) in [6, 6.07) is 11.1. The molecule has 1 aromatic carbocycles. The summed E-state index contributed by atoms with van der Waals surface area (Å²) in [5, 5.41) is 4.62. The summed E-state index contributed by atoms with van der Waals surface area (Å²) in [6.45, 7) is 6.15. The Hall–Kier alpha value is -2.42. The van der Waals surface area contributed by atoms with Crippen LogP contribution in [0.25, 0.3) is 22.2 Å². The summed E-state index contributed by atoms with van der Waals surface area (Å²) in [4.78, 5) is 0.406. The van der Waals surface area contributed by atoms with E-state index >= 15 is 0 Å². The van der Waals surface area contributed by atoms with E-state index in [4.69, 9.17) is 4.42 Å². The van der Waals surface area contributed by atoms with Crippen molar-refractivity contribution in [3.8, 4) is 11.3 Å². The lowest BCUT2D eigenvalue weighted by molar-refractivity contribution is 0.579. The number of hydrogen-bond donors (Lipinski definition) is 0. The minimum Gasteiger partial charge on any atom is -0.461 e. The van der Waals surface area contributed by atoms with Gasteiger partial charge in [-0.2, -0.15) is 8.42 Å². The van der Waals surface area contributed by atoms with E-state index in [2.05, 4.69) is 11.0 Å². The van der Waals surface area contributed by atoms with Gasteiger partial charge in [0.1, 0.15) is 15.6 Å². The predicted octanol–water partition coefficient (Wildman–Crippen LogP) is 4.81. The molecule has 0 spiro atoms. The topological polar surface area (TPSA) is 64.6 Å². The molecular formula is C19H16N2O3S3. The van der Waals surface area contributed by atoms with E-state index < -0.39 is 10.0 Å². The third-order valence-corrected chi connectivity index (χ3v) is 7.70. The summed E-state index contributed by atoms with van der Waals surface area (Å²) in [7, 11) is -3.74. The van der Waals surface area contributed by atoms with Gasteiger partial charge < -0.3 is 8.98 Å². The number of aryl methyl sites for hydroxylation is 1. The molecule has 4 rings (SSSR count). The van der Waals surface area contributed by atoms with Gasteiger partial charge in [-0.15, -0.1) is 33.7 Å². The van der Waals surface area contributed by atoms with Crippen LogP contribution in [0.4, 0.5) is 0 Å². The number of rotatable bonds is 5. The monoisotopic (exact) mass is 416 g/mol. The number of hydrogen-bond acceptors (Lipinski definition) is 5. The fraction of sp³-hybridized carbons (Fsp3) is 0.105. The molecule has 27 heavy (non-hydrogen) atoms. The fourth-order valence-electron chi connectivity index (χ4n) is 2.95. The Labute approximate surface area is 164 Å². The number of furan rings is 1. The molecule has 0 saturated heterocycles. The second-order valence-electron chi connectivity index (χ2n) is 5.83. The molecule has 138 valence electrons. The fourth-order valence-corrected chi connectivity index (χ4v) is 6.04. The second-order valence-corrected chi connectivity index (χ2v) is 9.45. The molecule has 4 aromatic rings. The van der Waals surface area contributed by atoms with Crippen molar-refractivity contribution in [1.29, 1.82) is 0 Å². The summed E-state index contributed by atoms with van der Waals surface area (Å²) in [5.41, 5.74) is 2.60. The molecule has 8 heteroatoms. The van der Waals surface area contributed by atoms with Crippen LogP contribution in [0, 0.1) is 6.92 Å². The normalized spacial score (nSPS) is 12.7. The standard InChI is InChI=1S/C19H16N2O3S3/c1-3-10-21-15(18-13(2)24-16-8-5-4-7-14(16)18)12-26-19(21)20-27(22,23)17-9-6-11-25-17/h3-9,11-12H,1,10H2,2H3. The van der Waals surface area contributed by atoms with Gasteiger partial charge in [-0.05, 0) is 24.4 Å². The Balaban J connectivity index is 1.96. The van der Waals surface area contributed by atoms with Crippen LogP contribution in [-0.4, -0.2) is 13.0 Å². The van der Waals surface area contributed by atoms with Gasteiger partial charge in [-0.25, -0.2) is 0 Å². The molecule has 0 aliphatic rings. The van der Waals surface area contributed by atoms with Crippen LogP contribution in [-0.2, 0) is 16.6 Å². The van der Waals surface area contributed by atoms with Crippen molar-refractivity contribution in [2.24, 2.45) is 4.40 Å². The molecule has 0 atom stereocenters. The zero-order valence-corrected chi connectivity index (χ0v) is 16.9. The van der Waals surface area contributed by atoms with Gasteiger partial charge in [0.05, 0.1) is 5.69 Å². The quantitative estimate of drug-likeness (QED) is 0.439. The Kier molecular flexibility index (Phi) is 4.63. The lowest BCUT2D eigenvalue weighted by atomic mass is 10.1. The maximum Gasteiger partial charge on any atom is 0.294 e. The molecular weight excluding hydrogens is 400 g/mol. The van der Waals surface area contributed by atoms with E-state index in [1.54, 1.807) is 23.6 Å². The van der Waals surface area contributed by atoms with Crippen LogP contribution in [0.15, 0.2) is 72.8 Å². The van der Waals surface area contributed by atoms with Crippen LogP contribution < -0.4 is 4.80 Å². The molecule has 0 saturated carbocycles. The number of allylic oxidation sites excluding steroid dienone is 1. The van der Waals surface area contributed by atoms with Crippen molar-refractivity contribution >= 4 is 43.7 Å². The van der Waals surface area contributed by atoms with Crippen molar-refractivity contribution in [2.45, 2.75) is 17.7 Å². The number of nitrogens with zero attached hydrogens (tertiary/aromatic N) is 2. The number of para-hydroxylation sites is 1. The first-order valence-corrected chi connectivity index (χ1v) is 11.3.